The average molecular weight is 362 g/mol. The Hall–Kier alpha value is -2.19. The van der Waals surface area contributed by atoms with E-state index in [1.165, 1.54) is 6.92 Å². The Bertz CT molecular complexity index is 747. The first-order chi connectivity index (χ1) is 12.0. The second-order valence-corrected chi connectivity index (χ2v) is 7.03. The van der Waals surface area contributed by atoms with Crippen LogP contribution in [-0.2, 0) is 22.7 Å². The molecule has 0 bridgehead atoms. The van der Waals surface area contributed by atoms with Crippen molar-refractivity contribution in [2.75, 3.05) is 26.2 Å². The zero-order chi connectivity index (χ0) is 17.8. The highest BCUT2D eigenvalue weighted by Gasteiger charge is 2.19. The van der Waals surface area contributed by atoms with Gasteiger partial charge in [0.2, 0.25) is 11.8 Å². The molecule has 0 unspecified atom stereocenters. The van der Waals surface area contributed by atoms with E-state index in [2.05, 4.69) is 15.2 Å². The molecule has 1 aliphatic heterocycles. The number of carbonyl (C=O) groups is 2. The van der Waals surface area contributed by atoms with Gasteiger partial charge in [-0.05, 0) is 12.1 Å². The first-order valence-electron chi connectivity index (χ1n) is 8.27. The van der Waals surface area contributed by atoms with Crippen molar-refractivity contribution in [2.24, 2.45) is 0 Å². The number of aromatic nitrogens is 1. The number of nitrogens with zero attached hydrogens (tertiary/aromatic N) is 3. The monoisotopic (exact) mass is 362 g/mol. The fraction of sp³-hybridized carbons (Fsp3) is 0.471. The van der Waals surface area contributed by atoms with Crippen molar-refractivity contribution < 1.29 is 14.0 Å². The van der Waals surface area contributed by atoms with Gasteiger partial charge in [-0.25, -0.2) is 4.98 Å². The molecule has 7 nitrogen and oxygen atoms in total. The minimum atomic E-state index is -0.0845. The topological polar surface area (TPSA) is 78.7 Å². The van der Waals surface area contributed by atoms with Gasteiger partial charge < -0.3 is 14.6 Å². The Morgan fingerprint density at radius 3 is 2.68 bits per heavy atom. The molecule has 0 aliphatic carbocycles. The Balaban J connectivity index is 1.56. The van der Waals surface area contributed by atoms with E-state index in [-0.39, 0.29) is 11.8 Å². The zero-order valence-corrected chi connectivity index (χ0v) is 15.3. The number of nitrogens with one attached hydrogen (secondary N) is 1. The predicted molar refractivity (Wildman–Crippen MR) is 94.9 cm³/mol. The normalized spacial score (nSPS) is 15.4. The highest BCUT2D eigenvalue weighted by Crippen LogP contribution is 2.25. The van der Waals surface area contributed by atoms with Crippen LogP contribution in [0.15, 0.2) is 21.9 Å². The van der Waals surface area contributed by atoms with Crippen LogP contribution in [0, 0.1) is 0 Å². The maximum absolute atomic E-state index is 11.4. The SMILES string of the molecule is CC(=O)NCc1ccc(-c2csc(CN3CCN(C(C)=O)CC3)n2)o1. The van der Waals surface area contributed by atoms with Crippen molar-refractivity contribution >= 4 is 23.2 Å². The second-order valence-electron chi connectivity index (χ2n) is 6.08. The van der Waals surface area contributed by atoms with Crippen LogP contribution < -0.4 is 5.32 Å². The lowest BCUT2D eigenvalue weighted by Crippen LogP contribution is -2.47. The molecule has 2 aromatic rings. The molecule has 1 fully saturated rings. The van der Waals surface area contributed by atoms with Gasteiger partial charge in [0.25, 0.3) is 0 Å². The van der Waals surface area contributed by atoms with Gasteiger partial charge in [-0.2, -0.15) is 0 Å². The number of hydrogen-bond acceptors (Lipinski definition) is 6. The molecule has 3 heterocycles. The molecule has 2 amide bonds. The molecule has 1 aliphatic rings. The molecule has 0 radical (unpaired) electrons. The third kappa shape index (κ3) is 4.67. The van der Waals surface area contributed by atoms with Gasteiger partial charge in [0.1, 0.15) is 16.5 Å². The fourth-order valence-corrected chi connectivity index (χ4v) is 3.56. The van der Waals surface area contributed by atoms with Gasteiger partial charge in [-0.1, -0.05) is 0 Å². The van der Waals surface area contributed by atoms with E-state index in [0.717, 1.165) is 43.4 Å². The molecule has 3 rings (SSSR count). The van der Waals surface area contributed by atoms with Crippen LogP contribution in [0.5, 0.6) is 0 Å². The number of furan rings is 1. The zero-order valence-electron chi connectivity index (χ0n) is 14.4. The van der Waals surface area contributed by atoms with Gasteiger partial charge in [0.05, 0.1) is 13.1 Å². The van der Waals surface area contributed by atoms with Crippen molar-refractivity contribution in [1.82, 2.24) is 20.1 Å². The van der Waals surface area contributed by atoms with Crippen LogP contribution in [0.1, 0.15) is 24.6 Å². The maximum Gasteiger partial charge on any atom is 0.219 e. The summed E-state index contributed by atoms with van der Waals surface area (Å²) in [6.07, 6.45) is 0. The Labute approximate surface area is 150 Å². The number of amides is 2. The number of hydrogen-bond donors (Lipinski definition) is 1. The summed E-state index contributed by atoms with van der Waals surface area (Å²) >= 11 is 1.61. The van der Waals surface area contributed by atoms with Crippen molar-refractivity contribution in [3.8, 4) is 11.5 Å². The van der Waals surface area contributed by atoms with Crippen LogP contribution in [0.3, 0.4) is 0 Å². The maximum atomic E-state index is 11.4. The molecule has 0 saturated carbocycles. The number of thiazole rings is 1. The van der Waals surface area contributed by atoms with Crippen LogP contribution in [0.4, 0.5) is 0 Å². The molecule has 0 spiro atoms. The fourth-order valence-electron chi connectivity index (χ4n) is 2.73. The largest absolute Gasteiger partial charge is 0.458 e. The Morgan fingerprint density at radius 1 is 1.24 bits per heavy atom. The van der Waals surface area contributed by atoms with E-state index in [1.54, 1.807) is 18.3 Å². The first kappa shape index (κ1) is 17.6. The summed E-state index contributed by atoms with van der Waals surface area (Å²) in [5.74, 6) is 1.48. The molecular weight excluding hydrogens is 340 g/mol. The van der Waals surface area contributed by atoms with E-state index in [4.69, 9.17) is 4.42 Å². The van der Waals surface area contributed by atoms with E-state index in [9.17, 15) is 9.59 Å². The van der Waals surface area contributed by atoms with Crippen LogP contribution in [-0.4, -0.2) is 52.8 Å². The average Bonchev–Trinajstić information content (AvgIpc) is 3.22. The predicted octanol–water partition coefficient (Wildman–Crippen LogP) is 1.70. The highest BCUT2D eigenvalue weighted by molar-refractivity contribution is 7.09. The van der Waals surface area contributed by atoms with Gasteiger partial charge in [0, 0.05) is 45.4 Å². The van der Waals surface area contributed by atoms with Gasteiger partial charge in [0.15, 0.2) is 5.76 Å². The van der Waals surface area contributed by atoms with Gasteiger partial charge in [-0.15, -0.1) is 11.3 Å². The van der Waals surface area contributed by atoms with E-state index >= 15 is 0 Å². The number of carbonyl (C=O) groups excluding carboxylic acids is 2. The van der Waals surface area contributed by atoms with Crippen molar-refractivity contribution in [1.29, 1.82) is 0 Å². The van der Waals surface area contributed by atoms with Crippen LogP contribution >= 0.6 is 11.3 Å². The van der Waals surface area contributed by atoms with Crippen molar-refractivity contribution in [3.63, 3.8) is 0 Å². The molecule has 0 aromatic carbocycles. The Morgan fingerprint density at radius 2 is 2.00 bits per heavy atom. The highest BCUT2D eigenvalue weighted by atomic mass is 32.1. The summed E-state index contributed by atoms with van der Waals surface area (Å²) in [6, 6.07) is 3.73. The van der Waals surface area contributed by atoms with Crippen molar-refractivity contribution in [3.05, 3.63) is 28.3 Å². The minimum Gasteiger partial charge on any atom is -0.458 e. The third-order valence-corrected chi connectivity index (χ3v) is 4.99. The van der Waals surface area contributed by atoms with Crippen LogP contribution in [0.2, 0.25) is 0 Å². The molecule has 1 saturated heterocycles. The summed E-state index contributed by atoms with van der Waals surface area (Å²) in [5, 5.41) is 5.73. The third-order valence-electron chi connectivity index (χ3n) is 4.15. The van der Waals surface area contributed by atoms with E-state index < -0.39 is 0 Å². The molecule has 25 heavy (non-hydrogen) atoms. The van der Waals surface area contributed by atoms with Gasteiger partial charge in [-0.3, -0.25) is 14.5 Å². The summed E-state index contributed by atoms with van der Waals surface area (Å²) in [7, 11) is 0. The summed E-state index contributed by atoms with van der Waals surface area (Å²) in [6.45, 7) is 7.56. The summed E-state index contributed by atoms with van der Waals surface area (Å²) in [5.41, 5.74) is 0.816. The van der Waals surface area contributed by atoms with E-state index in [0.29, 0.717) is 18.1 Å². The van der Waals surface area contributed by atoms with E-state index in [1.807, 2.05) is 22.4 Å². The first-order valence-corrected chi connectivity index (χ1v) is 9.15. The Kier molecular flexibility index (Phi) is 5.50. The number of rotatable bonds is 5. The molecular formula is C17H22N4O3S. The lowest BCUT2D eigenvalue weighted by molar-refractivity contribution is -0.130. The second kappa shape index (κ2) is 7.79. The quantitative estimate of drug-likeness (QED) is 0.876. The number of piperazine rings is 1. The molecule has 2 aromatic heterocycles. The summed E-state index contributed by atoms with van der Waals surface area (Å²) < 4.78 is 5.74. The standard InChI is InChI=1S/C17H22N4O3S/c1-12(22)18-9-14-3-4-16(24-14)15-11-25-17(19-15)10-20-5-7-21(8-6-20)13(2)23/h3-4,11H,5-10H2,1-2H3,(H,18,22). The molecule has 8 heteroatoms. The van der Waals surface area contributed by atoms with Crippen LogP contribution in [0.25, 0.3) is 11.5 Å². The lowest BCUT2D eigenvalue weighted by Gasteiger charge is -2.33. The van der Waals surface area contributed by atoms with Gasteiger partial charge >= 0.3 is 0 Å². The minimum absolute atomic E-state index is 0.0845. The van der Waals surface area contributed by atoms with Crippen molar-refractivity contribution in [2.45, 2.75) is 26.9 Å². The summed E-state index contributed by atoms with van der Waals surface area (Å²) in [4.78, 5) is 31.2. The molecule has 1 N–H and O–H groups in total. The molecule has 134 valence electrons. The molecule has 0 atom stereocenters. The lowest BCUT2D eigenvalue weighted by atomic mass is 10.3. The smallest absolute Gasteiger partial charge is 0.219 e.